The molecule has 96 valence electrons. The van der Waals surface area contributed by atoms with Gasteiger partial charge in [0.05, 0.1) is 15.6 Å². The van der Waals surface area contributed by atoms with Gasteiger partial charge in [-0.2, -0.15) is 0 Å². The molecule has 0 unspecified atom stereocenters. The molecule has 0 aliphatic carbocycles. The summed E-state index contributed by atoms with van der Waals surface area (Å²) in [5.41, 5.74) is 0.722. The zero-order valence-corrected chi connectivity index (χ0v) is 12.8. The van der Waals surface area contributed by atoms with Gasteiger partial charge in [-0.1, -0.05) is 34.1 Å². The first-order valence-corrected chi connectivity index (χ1v) is 6.92. The van der Waals surface area contributed by atoms with Gasteiger partial charge in [0, 0.05) is 4.47 Å². The molecule has 2 aromatic carbocycles. The number of halogens is 2. The molecule has 0 atom stereocenters. The van der Waals surface area contributed by atoms with Crippen molar-refractivity contribution in [2.75, 3.05) is 0 Å². The van der Waals surface area contributed by atoms with Gasteiger partial charge in [0.15, 0.2) is 12.0 Å². The largest absolute Gasteiger partial charge is 0.421 e. The van der Waals surface area contributed by atoms with Crippen LogP contribution in [0.5, 0.6) is 5.75 Å². The summed E-state index contributed by atoms with van der Waals surface area (Å²) in [5, 5.41) is 0. The second kappa shape index (κ2) is 6.12. The Morgan fingerprint density at radius 1 is 1.11 bits per heavy atom. The van der Waals surface area contributed by atoms with Crippen molar-refractivity contribution in [2.24, 2.45) is 0 Å². The molecule has 0 bridgehead atoms. The highest BCUT2D eigenvalue weighted by molar-refractivity contribution is 9.11. The van der Waals surface area contributed by atoms with Crippen LogP contribution in [0.1, 0.15) is 20.7 Å². The standard InChI is InChI=1S/C14H8Br2O3/c15-11-6-10(8-17)13(12(16)7-11)19-14(18)9-4-2-1-3-5-9/h1-8H. The van der Waals surface area contributed by atoms with E-state index in [0.717, 1.165) is 4.47 Å². The van der Waals surface area contributed by atoms with Crippen LogP contribution in [-0.4, -0.2) is 12.3 Å². The lowest BCUT2D eigenvalue weighted by Crippen LogP contribution is -2.10. The predicted octanol–water partition coefficient (Wildman–Crippen LogP) is 4.24. The van der Waals surface area contributed by atoms with E-state index in [1.54, 1.807) is 36.4 Å². The molecular formula is C14H8Br2O3. The number of carbonyl (C=O) groups excluding carboxylic acids is 2. The van der Waals surface area contributed by atoms with E-state index in [1.807, 2.05) is 6.07 Å². The van der Waals surface area contributed by atoms with Gasteiger partial charge in [-0.15, -0.1) is 0 Å². The number of hydrogen-bond donors (Lipinski definition) is 0. The summed E-state index contributed by atoms with van der Waals surface area (Å²) < 4.78 is 6.53. The number of hydrogen-bond acceptors (Lipinski definition) is 3. The number of esters is 1. The molecule has 0 saturated heterocycles. The van der Waals surface area contributed by atoms with Crippen LogP contribution in [0.4, 0.5) is 0 Å². The first kappa shape index (κ1) is 14.0. The zero-order valence-electron chi connectivity index (χ0n) is 9.60. The van der Waals surface area contributed by atoms with Crippen molar-refractivity contribution in [2.45, 2.75) is 0 Å². The van der Waals surface area contributed by atoms with Crippen LogP contribution in [0, 0.1) is 0 Å². The average molecular weight is 384 g/mol. The number of carbonyl (C=O) groups is 2. The Morgan fingerprint density at radius 2 is 1.79 bits per heavy atom. The van der Waals surface area contributed by atoms with Gasteiger partial charge >= 0.3 is 5.97 Å². The Kier molecular flexibility index (Phi) is 4.50. The van der Waals surface area contributed by atoms with E-state index in [0.29, 0.717) is 21.9 Å². The molecule has 0 radical (unpaired) electrons. The summed E-state index contributed by atoms with van der Waals surface area (Å²) in [6, 6.07) is 11.9. The van der Waals surface area contributed by atoms with Crippen LogP contribution in [-0.2, 0) is 0 Å². The van der Waals surface area contributed by atoms with Crippen molar-refractivity contribution >= 4 is 44.1 Å². The van der Waals surface area contributed by atoms with E-state index in [2.05, 4.69) is 31.9 Å². The minimum atomic E-state index is -0.508. The first-order chi connectivity index (χ1) is 9.11. The van der Waals surface area contributed by atoms with Crippen molar-refractivity contribution in [1.29, 1.82) is 0 Å². The maximum absolute atomic E-state index is 11.9. The van der Waals surface area contributed by atoms with Gasteiger partial charge < -0.3 is 4.74 Å². The van der Waals surface area contributed by atoms with Crippen molar-refractivity contribution in [3.05, 3.63) is 62.5 Å². The van der Waals surface area contributed by atoms with Gasteiger partial charge in [-0.3, -0.25) is 4.79 Å². The Balaban J connectivity index is 2.34. The average Bonchev–Trinajstić information content (AvgIpc) is 2.42. The fourth-order valence-corrected chi connectivity index (χ4v) is 2.84. The highest BCUT2D eigenvalue weighted by Gasteiger charge is 2.15. The zero-order chi connectivity index (χ0) is 13.8. The maximum atomic E-state index is 11.9. The smallest absolute Gasteiger partial charge is 0.343 e. The summed E-state index contributed by atoms with van der Waals surface area (Å²) in [4.78, 5) is 23.0. The minimum absolute atomic E-state index is 0.215. The van der Waals surface area contributed by atoms with Crippen LogP contribution in [0.15, 0.2) is 51.4 Å². The van der Waals surface area contributed by atoms with Crippen molar-refractivity contribution in [1.82, 2.24) is 0 Å². The summed E-state index contributed by atoms with van der Waals surface area (Å²) in [5.74, 6) is -0.293. The third-order valence-electron chi connectivity index (χ3n) is 2.37. The van der Waals surface area contributed by atoms with Crippen LogP contribution < -0.4 is 4.74 Å². The fraction of sp³-hybridized carbons (Fsp3) is 0. The molecule has 0 aromatic heterocycles. The molecule has 0 N–H and O–H groups in total. The van der Waals surface area contributed by atoms with E-state index < -0.39 is 5.97 Å². The first-order valence-electron chi connectivity index (χ1n) is 5.33. The lowest BCUT2D eigenvalue weighted by atomic mass is 10.2. The third-order valence-corrected chi connectivity index (χ3v) is 3.42. The van der Waals surface area contributed by atoms with E-state index in [1.165, 1.54) is 0 Å². The van der Waals surface area contributed by atoms with E-state index in [-0.39, 0.29) is 5.75 Å². The van der Waals surface area contributed by atoms with Crippen molar-refractivity contribution in [3.63, 3.8) is 0 Å². The van der Waals surface area contributed by atoms with Gasteiger partial charge in [-0.05, 0) is 40.2 Å². The molecule has 19 heavy (non-hydrogen) atoms. The molecule has 3 nitrogen and oxygen atoms in total. The van der Waals surface area contributed by atoms with Crippen LogP contribution >= 0.6 is 31.9 Å². The number of ether oxygens (including phenoxy) is 1. The number of aldehydes is 1. The van der Waals surface area contributed by atoms with Gasteiger partial charge in [0.25, 0.3) is 0 Å². The highest BCUT2D eigenvalue weighted by atomic mass is 79.9. The van der Waals surface area contributed by atoms with Gasteiger partial charge in [0.2, 0.25) is 0 Å². The molecule has 0 spiro atoms. The second-order valence-corrected chi connectivity index (χ2v) is 5.45. The molecule has 0 aliphatic heterocycles. The molecule has 5 heteroatoms. The summed E-state index contributed by atoms with van der Waals surface area (Å²) in [6.45, 7) is 0. The van der Waals surface area contributed by atoms with Gasteiger partial charge in [0.1, 0.15) is 0 Å². The minimum Gasteiger partial charge on any atom is -0.421 e. The molecule has 0 aliphatic rings. The Morgan fingerprint density at radius 3 is 2.42 bits per heavy atom. The Hall–Kier alpha value is -1.46. The van der Waals surface area contributed by atoms with Crippen LogP contribution in [0.2, 0.25) is 0 Å². The second-order valence-electron chi connectivity index (χ2n) is 3.68. The van der Waals surface area contributed by atoms with Crippen LogP contribution in [0.25, 0.3) is 0 Å². The van der Waals surface area contributed by atoms with E-state index in [4.69, 9.17) is 4.74 Å². The van der Waals surface area contributed by atoms with Crippen LogP contribution in [0.3, 0.4) is 0 Å². The lowest BCUT2D eigenvalue weighted by Gasteiger charge is -2.09. The SMILES string of the molecule is O=Cc1cc(Br)cc(Br)c1OC(=O)c1ccccc1. The normalized spacial score (nSPS) is 10.0. The van der Waals surface area contributed by atoms with Crippen molar-refractivity contribution in [3.8, 4) is 5.75 Å². The Bertz CT molecular complexity index is 624. The van der Waals surface area contributed by atoms with Gasteiger partial charge in [-0.25, -0.2) is 4.79 Å². The molecule has 2 rings (SSSR count). The molecule has 0 amide bonds. The third kappa shape index (κ3) is 3.30. The van der Waals surface area contributed by atoms with Crippen molar-refractivity contribution < 1.29 is 14.3 Å². The van der Waals surface area contributed by atoms with E-state index in [9.17, 15) is 9.59 Å². The summed E-state index contributed by atoms with van der Waals surface area (Å²) in [7, 11) is 0. The summed E-state index contributed by atoms with van der Waals surface area (Å²) in [6.07, 6.45) is 0.642. The predicted molar refractivity (Wildman–Crippen MR) is 78.6 cm³/mol. The Labute approximate surface area is 126 Å². The topological polar surface area (TPSA) is 43.4 Å². The quantitative estimate of drug-likeness (QED) is 0.452. The highest BCUT2D eigenvalue weighted by Crippen LogP contribution is 2.32. The number of rotatable bonds is 3. The monoisotopic (exact) mass is 382 g/mol. The molecule has 0 heterocycles. The molecule has 0 fully saturated rings. The summed E-state index contributed by atoms with van der Waals surface area (Å²) >= 11 is 6.54. The fourth-order valence-electron chi connectivity index (χ4n) is 1.50. The van der Waals surface area contributed by atoms with E-state index >= 15 is 0 Å². The molecule has 0 saturated carbocycles. The maximum Gasteiger partial charge on any atom is 0.343 e. The molecular weight excluding hydrogens is 376 g/mol. The molecule has 2 aromatic rings. The number of benzene rings is 2. The lowest BCUT2D eigenvalue weighted by molar-refractivity contribution is 0.0732.